The summed E-state index contributed by atoms with van der Waals surface area (Å²) in [7, 11) is 1.69. The molecule has 4 nitrogen and oxygen atoms in total. The molecule has 0 aromatic heterocycles. The molecule has 1 aliphatic heterocycles. The number of para-hydroxylation sites is 1. The molecule has 4 heteroatoms. The van der Waals surface area contributed by atoms with Crippen LogP contribution in [0.2, 0.25) is 0 Å². The van der Waals surface area contributed by atoms with Crippen LogP contribution in [0.25, 0.3) is 0 Å². The van der Waals surface area contributed by atoms with Crippen LogP contribution in [0.15, 0.2) is 24.3 Å². The first-order valence-corrected chi connectivity index (χ1v) is 8.82. The Balaban J connectivity index is 1.42. The molecule has 3 rings (SSSR count). The van der Waals surface area contributed by atoms with Crippen LogP contribution in [0.3, 0.4) is 0 Å². The number of methoxy groups -OCH3 is 1. The largest absolute Gasteiger partial charge is 0.496 e. The molecular weight excluding hydrogens is 288 g/mol. The molecule has 1 saturated carbocycles. The Kier molecular flexibility index (Phi) is 5.21. The number of amides is 1. The second-order valence-electron chi connectivity index (χ2n) is 7.01. The van der Waals surface area contributed by atoms with Crippen LogP contribution < -0.4 is 10.1 Å². The SMILES string of the molecule is COc1ccccc1[C@H]1C[C@H]1C(=O)NCCN1CCC(C)CC1. The van der Waals surface area contributed by atoms with Crippen molar-refractivity contribution in [1.82, 2.24) is 10.2 Å². The minimum Gasteiger partial charge on any atom is -0.496 e. The molecule has 1 aromatic carbocycles. The van der Waals surface area contributed by atoms with Crippen LogP contribution in [0.1, 0.15) is 37.7 Å². The standard InChI is InChI=1S/C19H28N2O2/c1-14-7-10-21(11-8-14)12-9-20-19(22)17-13-16(17)15-5-3-4-6-18(15)23-2/h3-6,14,16-17H,7-13H2,1-2H3,(H,20,22)/t16-,17-/m1/s1. The van der Waals surface area contributed by atoms with Gasteiger partial charge in [-0.15, -0.1) is 0 Å². The van der Waals surface area contributed by atoms with E-state index in [2.05, 4.69) is 23.2 Å². The molecular formula is C19H28N2O2. The number of carbonyl (C=O) groups excluding carboxylic acids is 1. The van der Waals surface area contributed by atoms with E-state index in [1.54, 1.807) is 7.11 Å². The molecule has 2 aliphatic rings. The van der Waals surface area contributed by atoms with E-state index in [9.17, 15) is 4.79 Å². The summed E-state index contributed by atoms with van der Waals surface area (Å²) in [6.07, 6.45) is 3.51. The summed E-state index contributed by atoms with van der Waals surface area (Å²) in [4.78, 5) is 14.8. The maximum Gasteiger partial charge on any atom is 0.223 e. The van der Waals surface area contributed by atoms with Gasteiger partial charge in [0.2, 0.25) is 5.91 Å². The maximum atomic E-state index is 12.3. The van der Waals surface area contributed by atoms with Gasteiger partial charge in [0.05, 0.1) is 7.11 Å². The van der Waals surface area contributed by atoms with Crippen molar-refractivity contribution >= 4 is 5.91 Å². The van der Waals surface area contributed by atoms with E-state index < -0.39 is 0 Å². The number of benzene rings is 1. The lowest BCUT2D eigenvalue weighted by Crippen LogP contribution is -2.39. The fourth-order valence-corrected chi connectivity index (χ4v) is 3.56. The van der Waals surface area contributed by atoms with Crippen molar-refractivity contribution < 1.29 is 9.53 Å². The Morgan fingerprint density at radius 1 is 1.30 bits per heavy atom. The Morgan fingerprint density at radius 2 is 2.04 bits per heavy atom. The van der Waals surface area contributed by atoms with E-state index in [0.29, 0.717) is 5.92 Å². The first-order valence-electron chi connectivity index (χ1n) is 8.82. The van der Waals surface area contributed by atoms with E-state index in [1.807, 2.05) is 18.2 Å². The van der Waals surface area contributed by atoms with Crippen LogP contribution in [0.5, 0.6) is 5.75 Å². The molecule has 1 aromatic rings. The third kappa shape index (κ3) is 4.05. The molecule has 2 atom stereocenters. The lowest BCUT2D eigenvalue weighted by Gasteiger charge is -2.30. The first-order chi connectivity index (χ1) is 11.2. The summed E-state index contributed by atoms with van der Waals surface area (Å²) in [5, 5.41) is 3.12. The smallest absolute Gasteiger partial charge is 0.223 e. The Labute approximate surface area is 139 Å². The van der Waals surface area contributed by atoms with E-state index in [4.69, 9.17) is 4.74 Å². The molecule has 126 valence electrons. The van der Waals surface area contributed by atoms with Gasteiger partial charge in [0, 0.05) is 19.0 Å². The van der Waals surface area contributed by atoms with Crippen molar-refractivity contribution in [2.45, 2.75) is 32.1 Å². The minimum atomic E-state index is 0.118. The van der Waals surface area contributed by atoms with Crippen LogP contribution in [0, 0.1) is 11.8 Å². The fourth-order valence-electron chi connectivity index (χ4n) is 3.56. The van der Waals surface area contributed by atoms with Crippen molar-refractivity contribution in [2.24, 2.45) is 11.8 Å². The quantitative estimate of drug-likeness (QED) is 0.877. The molecule has 1 heterocycles. The number of ether oxygens (including phenoxy) is 1. The van der Waals surface area contributed by atoms with Crippen molar-refractivity contribution in [2.75, 3.05) is 33.3 Å². The average molecular weight is 316 g/mol. The summed E-state index contributed by atoms with van der Waals surface area (Å²) in [5.41, 5.74) is 1.17. The molecule has 0 spiro atoms. The first kappa shape index (κ1) is 16.3. The number of likely N-dealkylation sites (tertiary alicyclic amines) is 1. The van der Waals surface area contributed by atoms with E-state index in [-0.39, 0.29) is 11.8 Å². The molecule has 0 unspecified atom stereocenters. The highest BCUT2D eigenvalue weighted by Crippen LogP contribution is 2.50. The number of hydrogen-bond donors (Lipinski definition) is 1. The molecule has 23 heavy (non-hydrogen) atoms. The highest BCUT2D eigenvalue weighted by Gasteiger charge is 2.45. The van der Waals surface area contributed by atoms with E-state index >= 15 is 0 Å². The zero-order valence-electron chi connectivity index (χ0n) is 14.3. The van der Waals surface area contributed by atoms with Gasteiger partial charge in [-0.25, -0.2) is 0 Å². The summed E-state index contributed by atoms with van der Waals surface area (Å²) < 4.78 is 5.41. The normalized spacial score (nSPS) is 25.1. The van der Waals surface area contributed by atoms with Gasteiger partial charge in [-0.2, -0.15) is 0 Å². The van der Waals surface area contributed by atoms with Crippen LogP contribution in [-0.2, 0) is 4.79 Å². The van der Waals surface area contributed by atoms with Crippen LogP contribution in [-0.4, -0.2) is 44.1 Å². The Morgan fingerprint density at radius 3 is 2.78 bits per heavy atom. The molecule has 1 aliphatic carbocycles. The van der Waals surface area contributed by atoms with Gasteiger partial charge < -0.3 is 15.0 Å². The van der Waals surface area contributed by atoms with Crippen molar-refractivity contribution in [3.63, 3.8) is 0 Å². The van der Waals surface area contributed by atoms with E-state index in [1.165, 1.54) is 31.5 Å². The van der Waals surface area contributed by atoms with Gasteiger partial charge in [-0.1, -0.05) is 25.1 Å². The lowest BCUT2D eigenvalue weighted by atomic mass is 9.99. The van der Waals surface area contributed by atoms with Gasteiger partial charge in [0.25, 0.3) is 0 Å². The number of nitrogens with zero attached hydrogens (tertiary/aromatic N) is 1. The monoisotopic (exact) mass is 316 g/mol. The zero-order valence-corrected chi connectivity index (χ0v) is 14.3. The highest BCUT2D eigenvalue weighted by atomic mass is 16.5. The lowest BCUT2D eigenvalue weighted by molar-refractivity contribution is -0.122. The Bertz CT molecular complexity index is 538. The molecule has 1 saturated heterocycles. The van der Waals surface area contributed by atoms with Gasteiger partial charge in [-0.3, -0.25) is 4.79 Å². The predicted molar refractivity (Wildman–Crippen MR) is 91.7 cm³/mol. The number of rotatable bonds is 6. The second kappa shape index (κ2) is 7.35. The average Bonchev–Trinajstić information content (AvgIpc) is 3.37. The molecule has 2 fully saturated rings. The topological polar surface area (TPSA) is 41.6 Å². The predicted octanol–water partition coefficient (Wildman–Crippen LogP) is 2.65. The fraction of sp³-hybridized carbons (Fsp3) is 0.632. The van der Waals surface area contributed by atoms with Crippen molar-refractivity contribution in [3.8, 4) is 5.75 Å². The van der Waals surface area contributed by atoms with Crippen LogP contribution >= 0.6 is 0 Å². The van der Waals surface area contributed by atoms with Gasteiger partial charge in [0.15, 0.2) is 0 Å². The minimum absolute atomic E-state index is 0.118. The summed E-state index contributed by atoms with van der Waals surface area (Å²) in [5.74, 6) is 2.39. The van der Waals surface area contributed by atoms with Gasteiger partial charge >= 0.3 is 0 Å². The number of piperidine rings is 1. The van der Waals surface area contributed by atoms with Crippen molar-refractivity contribution in [3.05, 3.63) is 29.8 Å². The highest BCUT2D eigenvalue weighted by molar-refractivity contribution is 5.83. The van der Waals surface area contributed by atoms with E-state index in [0.717, 1.165) is 31.2 Å². The summed E-state index contributed by atoms with van der Waals surface area (Å²) in [6, 6.07) is 8.04. The second-order valence-corrected chi connectivity index (χ2v) is 7.01. The molecule has 1 N–H and O–H groups in total. The molecule has 1 amide bonds. The zero-order chi connectivity index (χ0) is 16.2. The third-order valence-corrected chi connectivity index (χ3v) is 5.27. The van der Waals surface area contributed by atoms with Gasteiger partial charge in [-0.05, 0) is 55.8 Å². The summed E-state index contributed by atoms with van der Waals surface area (Å²) in [6.45, 7) is 6.41. The number of carbonyl (C=O) groups is 1. The molecule has 0 radical (unpaired) electrons. The van der Waals surface area contributed by atoms with Crippen molar-refractivity contribution in [1.29, 1.82) is 0 Å². The number of hydrogen-bond acceptors (Lipinski definition) is 3. The van der Waals surface area contributed by atoms with Crippen LogP contribution in [0.4, 0.5) is 0 Å². The third-order valence-electron chi connectivity index (χ3n) is 5.27. The number of nitrogens with one attached hydrogen (secondary N) is 1. The molecule has 0 bridgehead atoms. The maximum absolute atomic E-state index is 12.3. The summed E-state index contributed by atoms with van der Waals surface area (Å²) >= 11 is 0. The van der Waals surface area contributed by atoms with Gasteiger partial charge in [0.1, 0.15) is 5.75 Å². The Hall–Kier alpha value is -1.55.